The summed E-state index contributed by atoms with van der Waals surface area (Å²) in [5.41, 5.74) is 0.895. The molecule has 1 heterocycles. The lowest BCUT2D eigenvalue weighted by Gasteiger charge is -2.38. The van der Waals surface area contributed by atoms with Gasteiger partial charge in [-0.3, -0.25) is 0 Å². The van der Waals surface area contributed by atoms with E-state index in [0.717, 1.165) is 17.3 Å². The normalized spacial score (nSPS) is 43.8. The van der Waals surface area contributed by atoms with Crippen LogP contribution >= 0.6 is 0 Å². The Balaban J connectivity index is 1.82. The summed E-state index contributed by atoms with van der Waals surface area (Å²) in [7, 11) is 0. The van der Waals surface area contributed by atoms with Crippen molar-refractivity contribution in [2.45, 2.75) is 32.6 Å². The van der Waals surface area contributed by atoms with Gasteiger partial charge in [0.15, 0.2) is 0 Å². The number of hydrogen-bond acceptors (Lipinski definition) is 1. The van der Waals surface area contributed by atoms with E-state index in [9.17, 15) is 0 Å². The molecule has 1 nitrogen and oxygen atoms in total. The maximum atomic E-state index is 2.67. The van der Waals surface area contributed by atoms with Gasteiger partial charge in [0.05, 0.1) is 0 Å². The van der Waals surface area contributed by atoms with Gasteiger partial charge in [-0.2, -0.15) is 0 Å². The first-order valence-electron chi connectivity index (χ1n) is 5.57. The maximum absolute atomic E-state index is 2.67. The van der Waals surface area contributed by atoms with Gasteiger partial charge in [0.1, 0.15) is 0 Å². The smallest absolute Gasteiger partial charge is 0.00151 e. The largest absolute Gasteiger partial charge is 0.303 e. The van der Waals surface area contributed by atoms with E-state index in [1.165, 1.54) is 19.6 Å². The van der Waals surface area contributed by atoms with Crippen molar-refractivity contribution in [2.24, 2.45) is 17.3 Å². The van der Waals surface area contributed by atoms with Gasteiger partial charge in [-0.15, -0.1) is 0 Å². The predicted molar refractivity (Wildman–Crippen MR) is 50.0 cm³/mol. The minimum Gasteiger partial charge on any atom is -0.303 e. The average Bonchev–Trinajstić information content (AvgIpc) is 2.79. The van der Waals surface area contributed by atoms with E-state index < -0.39 is 0 Å². The number of hydrogen-bond donors (Lipinski definition) is 0. The molecule has 0 aromatic heterocycles. The third-order valence-electron chi connectivity index (χ3n) is 4.72. The lowest BCUT2D eigenvalue weighted by Crippen LogP contribution is -2.42. The van der Waals surface area contributed by atoms with Crippen LogP contribution in [-0.2, 0) is 0 Å². The summed E-state index contributed by atoms with van der Waals surface area (Å²) in [4.78, 5) is 2.67. The molecule has 2 saturated carbocycles. The lowest BCUT2D eigenvalue weighted by atomic mass is 9.82. The number of likely N-dealkylation sites (tertiary alicyclic amines) is 1. The van der Waals surface area contributed by atoms with Gasteiger partial charge in [-0.25, -0.2) is 0 Å². The Morgan fingerprint density at radius 3 is 2.17 bits per heavy atom. The van der Waals surface area contributed by atoms with Crippen molar-refractivity contribution in [1.29, 1.82) is 0 Å². The highest BCUT2D eigenvalue weighted by molar-refractivity contribution is 5.10. The summed E-state index contributed by atoms with van der Waals surface area (Å²) >= 11 is 0. The van der Waals surface area contributed by atoms with Crippen LogP contribution in [0.2, 0.25) is 0 Å². The van der Waals surface area contributed by atoms with E-state index in [1.807, 2.05) is 0 Å². The van der Waals surface area contributed by atoms with E-state index in [0.29, 0.717) is 0 Å². The quantitative estimate of drug-likeness (QED) is 0.575. The summed E-state index contributed by atoms with van der Waals surface area (Å²) in [5.74, 6) is 2.19. The van der Waals surface area contributed by atoms with Crippen molar-refractivity contribution in [2.75, 3.05) is 19.6 Å². The van der Waals surface area contributed by atoms with Crippen molar-refractivity contribution in [3.05, 3.63) is 0 Å². The van der Waals surface area contributed by atoms with Gasteiger partial charge < -0.3 is 4.90 Å². The summed E-state index contributed by atoms with van der Waals surface area (Å²) in [6, 6.07) is 0. The van der Waals surface area contributed by atoms with Crippen LogP contribution in [0.4, 0.5) is 0 Å². The minimum atomic E-state index is 0.895. The average molecular weight is 165 g/mol. The predicted octanol–water partition coefficient (Wildman–Crippen LogP) is 2.13. The summed E-state index contributed by atoms with van der Waals surface area (Å²) in [6.07, 6.45) is 6.22. The van der Waals surface area contributed by atoms with Crippen LogP contribution < -0.4 is 0 Å². The van der Waals surface area contributed by atoms with Crippen molar-refractivity contribution in [3.63, 3.8) is 0 Å². The van der Waals surface area contributed by atoms with E-state index in [2.05, 4.69) is 11.8 Å². The molecule has 3 rings (SSSR count). The number of piperidine rings is 1. The zero-order valence-corrected chi connectivity index (χ0v) is 8.05. The molecule has 3 aliphatic rings. The topological polar surface area (TPSA) is 3.24 Å². The van der Waals surface area contributed by atoms with Gasteiger partial charge in [0, 0.05) is 13.1 Å². The fourth-order valence-corrected chi connectivity index (χ4v) is 3.77. The highest BCUT2D eigenvalue weighted by Crippen LogP contribution is 2.66. The fourth-order valence-electron chi connectivity index (χ4n) is 3.77. The Morgan fingerprint density at radius 2 is 1.75 bits per heavy atom. The lowest BCUT2D eigenvalue weighted by molar-refractivity contribution is 0.0982. The van der Waals surface area contributed by atoms with E-state index >= 15 is 0 Å². The monoisotopic (exact) mass is 165 g/mol. The van der Waals surface area contributed by atoms with E-state index in [1.54, 1.807) is 25.7 Å². The zero-order chi connectivity index (χ0) is 8.18. The number of rotatable bonds is 1. The molecule has 12 heavy (non-hydrogen) atoms. The molecule has 1 spiro atoms. The highest BCUT2D eigenvalue weighted by atomic mass is 15.1. The third-order valence-corrected chi connectivity index (χ3v) is 4.72. The molecule has 1 saturated heterocycles. The van der Waals surface area contributed by atoms with Crippen LogP contribution in [0.3, 0.4) is 0 Å². The fraction of sp³-hybridized carbons (Fsp3) is 1.00. The van der Waals surface area contributed by atoms with Crippen LogP contribution in [0.1, 0.15) is 32.6 Å². The molecule has 2 unspecified atom stereocenters. The molecule has 2 atom stereocenters. The Bertz CT molecular complexity index is 179. The Kier molecular flexibility index (Phi) is 1.39. The van der Waals surface area contributed by atoms with Gasteiger partial charge in [-0.05, 0) is 49.5 Å². The van der Waals surface area contributed by atoms with Gasteiger partial charge in [-0.1, -0.05) is 6.92 Å². The van der Waals surface area contributed by atoms with Crippen molar-refractivity contribution in [1.82, 2.24) is 4.90 Å². The highest BCUT2D eigenvalue weighted by Gasteiger charge is 2.60. The summed E-state index contributed by atoms with van der Waals surface area (Å²) in [6.45, 7) is 6.44. The Labute approximate surface area is 75.1 Å². The van der Waals surface area contributed by atoms with Crippen molar-refractivity contribution in [3.8, 4) is 0 Å². The Hall–Kier alpha value is -0.0400. The van der Waals surface area contributed by atoms with Crippen molar-refractivity contribution < 1.29 is 0 Å². The molecule has 0 aromatic rings. The standard InChI is InChI=1S/C11H19N/c1-2-12-7-9-3-4-10(8-12)11(9)5-6-11/h9-10H,2-8H2,1H3. The molecule has 0 N–H and O–H groups in total. The molecule has 1 heteroatoms. The van der Waals surface area contributed by atoms with Gasteiger partial charge in [0.25, 0.3) is 0 Å². The SMILES string of the molecule is CCN1CC2CCC(C1)C21CC1. The van der Waals surface area contributed by atoms with Crippen LogP contribution in [0.5, 0.6) is 0 Å². The molecule has 2 bridgehead atoms. The van der Waals surface area contributed by atoms with E-state index in [4.69, 9.17) is 0 Å². The van der Waals surface area contributed by atoms with Gasteiger partial charge in [0.2, 0.25) is 0 Å². The molecule has 0 aromatic carbocycles. The van der Waals surface area contributed by atoms with Crippen LogP contribution in [-0.4, -0.2) is 24.5 Å². The van der Waals surface area contributed by atoms with Crippen LogP contribution in [0, 0.1) is 17.3 Å². The van der Waals surface area contributed by atoms with Gasteiger partial charge >= 0.3 is 0 Å². The molecular weight excluding hydrogens is 146 g/mol. The summed E-state index contributed by atoms with van der Waals surface area (Å²) in [5, 5.41) is 0. The van der Waals surface area contributed by atoms with Crippen molar-refractivity contribution >= 4 is 0 Å². The molecule has 3 fully saturated rings. The molecular formula is C11H19N. The number of nitrogens with zero attached hydrogens (tertiary/aromatic N) is 1. The molecule has 0 radical (unpaired) electrons. The first kappa shape index (κ1) is 7.37. The Morgan fingerprint density at radius 1 is 1.17 bits per heavy atom. The van der Waals surface area contributed by atoms with Crippen LogP contribution in [0.15, 0.2) is 0 Å². The van der Waals surface area contributed by atoms with Crippen LogP contribution in [0.25, 0.3) is 0 Å². The first-order chi connectivity index (χ1) is 5.85. The minimum absolute atomic E-state index is 0.895. The maximum Gasteiger partial charge on any atom is 0.00151 e. The second kappa shape index (κ2) is 2.25. The first-order valence-corrected chi connectivity index (χ1v) is 5.57. The molecule has 68 valence electrons. The molecule has 1 aliphatic heterocycles. The second-order valence-corrected chi connectivity index (χ2v) is 5.06. The third kappa shape index (κ3) is 0.783. The molecule has 2 aliphatic carbocycles. The second-order valence-electron chi connectivity index (χ2n) is 5.06. The van der Waals surface area contributed by atoms with E-state index in [-0.39, 0.29) is 0 Å². The zero-order valence-electron chi connectivity index (χ0n) is 8.05. The molecule has 0 amide bonds. The summed E-state index contributed by atoms with van der Waals surface area (Å²) < 4.78 is 0.